The summed E-state index contributed by atoms with van der Waals surface area (Å²) in [6.07, 6.45) is -0.257. The Balaban J connectivity index is 2.93. The highest BCUT2D eigenvalue weighted by atomic mass is 16.4. The lowest BCUT2D eigenvalue weighted by atomic mass is 10.0. The lowest BCUT2D eigenvalue weighted by molar-refractivity contribution is -0.144. The van der Waals surface area contributed by atoms with Crippen LogP contribution in [0, 0.1) is 5.92 Å². The third kappa shape index (κ3) is 13.6. The molecule has 0 aliphatic rings. The number of guanidine groups is 1. The number of aliphatic imine (C=N–C) groups is 1. The molecular formula is C26H40N8O8. The largest absolute Gasteiger partial charge is 0.481 e. The van der Waals surface area contributed by atoms with E-state index in [9.17, 15) is 39.0 Å². The van der Waals surface area contributed by atoms with Gasteiger partial charge in [0.25, 0.3) is 0 Å². The van der Waals surface area contributed by atoms with Gasteiger partial charge in [0.2, 0.25) is 23.6 Å². The Labute approximate surface area is 242 Å². The number of aliphatic carboxylic acids is 2. The Hall–Kier alpha value is -4.73. The van der Waals surface area contributed by atoms with E-state index >= 15 is 0 Å². The minimum atomic E-state index is -1.62. The van der Waals surface area contributed by atoms with Crippen molar-refractivity contribution in [1.82, 2.24) is 21.3 Å². The van der Waals surface area contributed by atoms with E-state index in [2.05, 4.69) is 26.3 Å². The summed E-state index contributed by atoms with van der Waals surface area (Å²) in [7, 11) is 0. The Morgan fingerprint density at radius 2 is 1.50 bits per heavy atom. The molecular weight excluding hydrogens is 552 g/mol. The molecule has 0 heterocycles. The highest BCUT2D eigenvalue weighted by Crippen LogP contribution is 2.08. The number of amides is 4. The molecule has 0 unspecified atom stereocenters. The van der Waals surface area contributed by atoms with Crippen LogP contribution in [-0.2, 0) is 35.2 Å². The predicted octanol–water partition coefficient (Wildman–Crippen LogP) is -2.60. The number of carbonyl (C=O) groups excluding carboxylic acids is 4. The first kappa shape index (κ1) is 35.3. The number of nitrogens with one attached hydrogen (secondary N) is 4. The van der Waals surface area contributed by atoms with Crippen LogP contribution < -0.4 is 38.5 Å². The quantitative estimate of drug-likeness (QED) is 0.0484. The van der Waals surface area contributed by atoms with Gasteiger partial charge in [0.05, 0.1) is 19.0 Å². The van der Waals surface area contributed by atoms with Gasteiger partial charge in [-0.3, -0.25) is 29.0 Å². The van der Waals surface area contributed by atoms with Crippen LogP contribution >= 0.6 is 0 Å². The first-order valence-electron chi connectivity index (χ1n) is 13.2. The molecule has 4 atom stereocenters. The fourth-order valence-corrected chi connectivity index (χ4v) is 3.68. The van der Waals surface area contributed by atoms with Gasteiger partial charge in [-0.15, -0.1) is 0 Å². The van der Waals surface area contributed by atoms with Gasteiger partial charge in [-0.05, 0) is 24.3 Å². The van der Waals surface area contributed by atoms with Crippen LogP contribution in [0.1, 0.15) is 38.7 Å². The van der Waals surface area contributed by atoms with E-state index in [-0.39, 0.29) is 25.3 Å². The molecule has 1 aromatic rings. The zero-order chi connectivity index (χ0) is 31.8. The molecule has 4 amide bonds. The molecule has 0 aliphatic carbocycles. The second-order valence-electron chi connectivity index (χ2n) is 9.81. The lowest BCUT2D eigenvalue weighted by Crippen LogP contribution is -2.58. The molecule has 0 spiro atoms. The monoisotopic (exact) mass is 592 g/mol. The van der Waals surface area contributed by atoms with Crippen molar-refractivity contribution in [2.24, 2.45) is 28.1 Å². The van der Waals surface area contributed by atoms with E-state index in [1.807, 2.05) is 0 Å². The Bertz CT molecular complexity index is 1120. The highest BCUT2D eigenvalue weighted by Gasteiger charge is 2.32. The smallest absolute Gasteiger partial charge is 0.326 e. The van der Waals surface area contributed by atoms with Crippen molar-refractivity contribution in [3.63, 3.8) is 0 Å². The minimum absolute atomic E-state index is 0.0479. The van der Waals surface area contributed by atoms with E-state index in [1.165, 1.54) is 0 Å². The molecule has 16 heteroatoms. The van der Waals surface area contributed by atoms with Gasteiger partial charge in [0.1, 0.15) is 18.1 Å². The van der Waals surface area contributed by atoms with E-state index in [1.54, 1.807) is 44.2 Å². The first-order valence-corrected chi connectivity index (χ1v) is 13.2. The van der Waals surface area contributed by atoms with Crippen LogP contribution in [0.4, 0.5) is 0 Å². The van der Waals surface area contributed by atoms with Gasteiger partial charge >= 0.3 is 11.9 Å². The van der Waals surface area contributed by atoms with Gasteiger partial charge in [0, 0.05) is 13.0 Å². The summed E-state index contributed by atoms with van der Waals surface area (Å²) in [5.41, 5.74) is 16.9. The lowest BCUT2D eigenvalue weighted by Gasteiger charge is -2.25. The highest BCUT2D eigenvalue weighted by molar-refractivity contribution is 5.96. The molecule has 1 rings (SSSR count). The van der Waals surface area contributed by atoms with Gasteiger partial charge in [0.15, 0.2) is 5.96 Å². The van der Waals surface area contributed by atoms with Crippen molar-refractivity contribution in [2.75, 3.05) is 13.1 Å². The Morgan fingerprint density at radius 3 is 2.05 bits per heavy atom. The number of rotatable bonds is 18. The van der Waals surface area contributed by atoms with E-state index in [0.717, 1.165) is 0 Å². The summed E-state index contributed by atoms with van der Waals surface area (Å²) in [5.74, 6) is -6.61. The summed E-state index contributed by atoms with van der Waals surface area (Å²) in [6.45, 7) is 2.85. The van der Waals surface area contributed by atoms with E-state index in [0.29, 0.717) is 12.0 Å². The van der Waals surface area contributed by atoms with Gasteiger partial charge in [-0.2, -0.15) is 0 Å². The van der Waals surface area contributed by atoms with Crippen LogP contribution in [0.3, 0.4) is 0 Å². The topological polar surface area (TPSA) is 281 Å². The summed E-state index contributed by atoms with van der Waals surface area (Å²) in [5, 5.41) is 28.1. The standard InChI is InChI=1S/C26H40N8O8/c1-14(2)21(25(41)42)34-24(40)17(11-15-7-4-3-5-8-15)33-23(39)18(12-20(36)37)32-19(35)13-31-22(38)16(27)9-6-10-30-26(28)29/h3-5,7-8,14,16-18,21H,6,9-13,27H2,1-2H3,(H,31,38)(H,32,35)(H,33,39)(H,34,40)(H,36,37)(H,41,42)(H4,28,29,30)/t16-,17+,18-,21-/m0/s1. The summed E-state index contributed by atoms with van der Waals surface area (Å²) in [6, 6.07) is 3.40. The molecule has 0 radical (unpaired) electrons. The maximum absolute atomic E-state index is 13.1. The number of carboxylic acids is 2. The Morgan fingerprint density at radius 1 is 0.881 bits per heavy atom. The molecule has 12 N–H and O–H groups in total. The number of benzene rings is 1. The maximum atomic E-state index is 13.1. The van der Waals surface area contributed by atoms with Crippen molar-refractivity contribution >= 4 is 41.5 Å². The van der Waals surface area contributed by atoms with Crippen molar-refractivity contribution in [1.29, 1.82) is 0 Å². The number of hydrogen-bond donors (Lipinski definition) is 9. The van der Waals surface area contributed by atoms with Crippen LogP contribution in [0.15, 0.2) is 35.3 Å². The van der Waals surface area contributed by atoms with E-state index < -0.39 is 78.6 Å². The SMILES string of the molecule is CC(C)[C@H](NC(=O)[C@@H](Cc1ccccc1)NC(=O)[C@H](CC(=O)O)NC(=O)CNC(=O)[C@@H](N)CCCN=C(N)N)C(=O)O. The minimum Gasteiger partial charge on any atom is -0.481 e. The Kier molecular flexibility index (Phi) is 15.0. The second-order valence-corrected chi connectivity index (χ2v) is 9.81. The average molecular weight is 593 g/mol. The van der Waals surface area contributed by atoms with Gasteiger partial charge in [-0.25, -0.2) is 4.79 Å². The van der Waals surface area contributed by atoms with Gasteiger partial charge in [-0.1, -0.05) is 44.2 Å². The summed E-state index contributed by atoms with van der Waals surface area (Å²) in [4.78, 5) is 77.6. The number of hydrogen-bond acceptors (Lipinski definition) is 8. The zero-order valence-corrected chi connectivity index (χ0v) is 23.5. The fraction of sp³-hybridized carbons (Fsp3) is 0.500. The van der Waals surface area contributed by atoms with Gasteiger partial charge < -0.3 is 48.7 Å². The average Bonchev–Trinajstić information content (AvgIpc) is 2.91. The molecule has 232 valence electrons. The molecule has 0 saturated carbocycles. The van der Waals surface area contributed by atoms with Crippen LogP contribution in [0.5, 0.6) is 0 Å². The first-order chi connectivity index (χ1) is 19.7. The third-order valence-electron chi connectivity index (χ3n) is 5.90. The predicted molar refractivity (Wildman–Crippen MR) is 152 cm³/mol. The molecule has 0 fully saturated rings. The molecule has 16 nitrogen and oxygen atoms in total. The third-order valence-corrected chi connectivity index (χ3v) is 5.90. The fourth-order valence-electron chi connectivity index (χ4n) is 3.68. The van der Waals surface area contributed by atoms with Crippen LogP contribution in [0.25, 0.3) is 0 Å². The summed E-state index contributed by atoms with van der Waals surface area (Å²) >= 11 is 0. The molecule has 42 heavy (non-hydrogen) atoms. The van der Waals surface area contributed by atoms with Crippen molar-refractivity contribution in [3.8, 4) is 0 Å². The number of carboxylic acid groups (broad SMARTS) is 2. The van der Waals surface area contributed by atoms with E-state index in [4.69, 9.17) is 17.2 Å². The molecule has 0 aliphatic heterocycles. The number of nitrogens with two attached hydrogens (primary N) is 3. The van der Waals surface area contributed by atoms with Crippen LogP contribution in [0.2, 0.25) is 0 Å². The normalized spacial score (nSPS) is 13.5. The zero-order valence-electron chi connectivity index (χ0n) is 23.5. The molecule has 0 saturated heterocycles. The van der Waals surface area contributed by atoms with Crippen molar-refractivity contribution in [3.05, 3.63) is 35.9 Å². The molecule has 0 bridgehead atoms. The molecule has 1 aromatic carbocycles. The van der Waals surface area contributed by atoms with Crippen molar-refractivity contribution in [2.45, 2.75) is 63.7 Å². The molecule has 0 aromatic heterocycles. The number of nitrogens with zero attached hydrogens (tertiary/aromatic N) is 1. The van der Waals surface area contributed by atoms with Crippen LogP contribution in [-0.4, -0.2) is 89.0 Å². The maximum Gasteiger partial charge on any atom is 0.326 e. The second kappa shape index (κ2) is 17.9. The summed E-state index contributed by atoms with van der Waals surface area (Å²) < 4.78 is 0. The van der Waals surface area contributed by atoms with Crippen molar-refractivity contribution < 1.29 is 39.0 Å². The number of carbonyl (C=O) groups is 6.